The molecule has 24 heavy (non-hydrogen) atoms. The summed E-state index contributed by atoms with van der Waals surface area (Å²) in [5, 5.41) is 6.20. The fourth-order valence-corrected chi connectivity index (χ4v) is 4.27. The fraction of sp³-hybridized carbons (Fsp3) is 0.562. The maximum absolute atomic E-state index is 12.7. The molecule has 2 aliphatic heterocycles. The van der Waals surface area contributed by atoms with Crippen LogP contribution in [0.25, 0.3) is 10.2 Å². The van der Waals surface area contributed by atoms with Gasteiger partial charge in [-0.15, -0.1) is 11.3 Å². The van der Waals surface area contributed by atoms with Gasteiger partial charge in [0.1, 0.15) is 23.0 Å². The van der Waals surface area contributed by atoms with Gasteiger partial charge >= 0.3 is 0 Å². The number of fused-ring (bicyclic) bond motifs is 1. The van der Waals surface area contributed by atoms with Crippen molar-refractivity contribution in [3.63, 3.8) is 0 Å². The highest BCUT2D eigenvalue weighted by Crippen LogP contribution is 2.31. The van der Waals surface area contributed by atoms with Gasteiger partial charge in [0.05, 0.1) is 5.39 Å². The second kappa shape index (κ2) is 6.62. The molecular formula is C16H22N6OS. The molecule has 7 nitrogen and oxygen atoms in total. The molecule has 128 valence electrons. The molecule has 2 aromatic rings. The van der Waals surface area contributed by atoms with Crippen LogP contribution < -0.4 is 21.1 Å². The molecule has 0 radical (unpaired) electrons. The molecular weight excluding hydrogens is 324 g/mol. The van der Waals surface area contributed by atoms with Crippen molar-refractivity contribution in [2.45, 2.75) is 31.8 Å². The topological polar surface area (TPSA) is 82.2 Å². The minimum Gasteiger partial charge on any atom is -0.354 e. The van der Waals surface area contributed by atoms with E-state index in [4.69, 9.17) is 0 Å². The lowest BCUT2D eigenvalue weighted by atomic mass is 10.0. The summed E-state index contributed by atoms with van der Waals surface area (Å²) in [5.74, 6) is 1.41. The number of thiophene rings is 1. The first kappa shape index (κ1) is 15.7. The molecule has 0 bridgehead atoms. The van der Waals surface area contributed by atoms with Crippen molar-refractivity contribution in [1.29, 1.82) is 0 Å². The second-order valence-corrected chi connectivity index (χ2v) is 7.40. The first-order chi connectivity index (χ1) is 11.7. The molecule has 1 amide bonds. The lowest BCUT2D eigenvalue weighted by molar-refractivity contribution is -0.122. The number of hydrogen-bond donors (Lipinski definition) is 3. The molecule has 4 rings (SSSR count). The predicted molar refractivity (Wildman–Crippen MR) is 94.9 cm³/mol. The third kappa shape index (κ3) is 2.85. The van der Waals surface area contributed by atoms with E-state index in [-0.39, 0.29) is 11.9 Å². The summed E-state index contributed by atoms with van der Waals surface area (Å²) >= 11 is 1.60. The zero-order valence-corrected chi connectivity index (χ0v) is 14.5. The zero-order chi connectivity index (χ0) is 16.5. The Morgan fingerprint density at radius 2 is 2.42 bits per heavy atom. The quantitative estimate of drug-likeness (QED) is 0.763. The molecule has 0 saturated carbocycles. The normalized spacial score (nSPS) is 27.0. The van der Waals surface area contributed by atoms with Crippen LogP contribution in [-0.4, -0.2) is 47.6 Å². The molecule has 8 heteroatoms. The number of nitrogens with zero attached hydrogens (tertiary/aromatic N) is 3. The number of carbonyl (C=O) groups is 1. The number of anilines is 1. The molecule has 0 aromatic carbocycles. The molecule has 2 aromatic heterocycles. The van der Waals surface area contributed by atoms with Gasteiger partial charge in [0.2, 0.25) is 5.91 Å². The number of amides is 1. The summed E-state index contributed by atoms with van der Waals surface area (Å²) in [6, 6.07) is 2.28. The van der Waals surface area contributed by atoms with Crippen LogP contribution in [0, 0.1) is 5.92 Å². The molecule has 3 unspecified atom stereocenters. The summed E-state index contributed by atoms with van der Waals surface area (Å²) in [4.78, 5) is 24.6. The summed E-state index contributed by atoms with van der Waals surface area (Å²) in [6.07, 6.45) is 3.48. The molecule has 4 heterocycles. The Labute approximate surface area is 144 Å². The summed E-state index contributed by atoms with van der Waals surface area (Å²) in [6.45, 7) is 4.58. The average molecular weight is 346 g/mol. The first-order valence-corrected chi connectivity index (χ1v) is 9.33. The van der Waals surface area contributed by atoms with Crippen molar-refractivity contribution in [3.05, 3.63) is 17.8 Å². The van der Waals surface area contributed by atoms with Gasteiger partial charge in [0, 0.05) is 31.6 Å². The SMILES string of the molecule is CC1NNCC1CNC(=O)C1CCCN1c1ncnc2sccc12. The second-order valence-electron chi connectivity index (χ2n) is 6.51. The fourth-order valence-electron chi connectivity index (χ4n) is 3.54. The van der Waals surface area contributed by atoms with E-state index in [0.29, 0.717) is 18.5 Å². The first-order valence-electron chi connectivity index (χ1n) is 8.45. The van der Waals surface area contributed by atoms with Crippen molar-refractivity contribution < 1.29 is 4.79 Å². The van der Waals surface area contributed by atoms with Crippen molar-refractivity contribution in [2.75, 3.05) is 24.5 Å². The Balaban J connectivity index is 1.48. The van der Waals surface area contributed by atoms with E-state index >= 15 is 0 Å². The Morgan fingerprint density at radius 3 is 3.25 bits per heavy atom. The van der Waals surface area contributed by atoms with Crippen LogP contribution in [0.15, 0.2) is 17.8 Å². The summed E-state index contributed by atoms with van der Waals surface area (Å²) in [7, 11) is 0. The maximum atomic E-state index is 12.7. The van der Waals surface area contributed by atoms with E-state index in [9.17, 15) is 4.79 Å². The highest BCUT2D eigenvalue weighted by atomic mass is 32.1. The van der Waals surface area contributed by atoms with Crippen LogP contribution in [0.2, 0.25) is 0 Å². The molecule has 0 spiro atoms. The van der Waals surface area contributed by atoms with Crippen molar-refractivity contribution in [3.8, 4) is 0 Å². The van der Waals surface area contributed by atoms with Gasteiger partial charge in [-0.05, 0) is 31.2 Å². The maximum Gasteiger partial charge on any atom is 0.242 e. The number of rotatable bonds is 4. The molecule has 2 aliphatic rings. The third-order valence-corrected chi connectivity index (χ3v) is 5.83. The highest BCUT2D eigenvalue weighted by molar-refractivity contribution is 7.16. The Kier molecular flexibility index (Phi) is 4.34. The van der Waals surface area contributed by atoms with E-state index in [2.05, 4.69) is 38.0 Å². The van der Waals surface area contributed by atoms with E-state index in [1.54, 1.807) is 17.7 Å². The molecule has 3 N–H and O–H groups in total. The van der Waals surface area contributed by atoms with Crippen molar-refractivity contribution in [2.24, 2.45) is 5.92 Å². The zero-order valence-electron chi connectivity index (χ0n) is 13.7. The van der Waals surface area contributed by atoms with Crippen LogP contribution in [0.5, 0.6) is 0 Å². The Morgan fingerprint density at radius 1 is 1.50 bits per heavy atom. The van der Waals surface area contributed by atoms with Crippen LogP contribution in [-0.2, 0) is 4.79 Å². The predicted octanol–water partition coefficient (Wildman–Crippen LogP) is 0.889. The van der Waals surface area contributed by atoms with E-state index in [1.807, 2.05) is 11.4 Å². The largest absolute Gasteiger partial charge is 0.354 e. The van der Waals surface area contributed by atoms with Crippen molar-refractivity contribution >= 4 is 33.3 Å². The van der Waals surface area contributed by atoms with Crippen molar-refractivity contribution in [1.82, 2.24) is 26.1 Å². The Hall–Kier alpha value is -1.77. The van der Waals surface area contributed by atoms with E-state index < -0.39 is 0 Å². The minimum atomic E-state index is -0.138. The average Bonchev–Trinajstić information content (AvgIpc) is 3.32. The van der Waals surface area contributed by atoms with E-state index in [1.165, 1.54) is 0 Å². The van der Waals surface area contributed by atoms with E-state index in [0.717, 1.165) is 42.0 Å². The monoisotopic (exact) mass is 346 g/mol. The van der Waals surface area contributed by atoms with Gasteiger partial charge in [-0.2, -0.15) is 0 Å². The molecule has 0 aliphatic carbocycles. The molecule has 2 saturated heterocycles. The third-order valence-electron chi connectivity index (χ3n) is 5.01. The Bertz CT molecular complexity index is 734. The van der Waals surface area contributed by atoms with Gasteiger partial charge in [-0.1, -0.05) is 0 Å². The lowest BCUT2D eigenvalue weighted by Crippen LogP contribution is -2.46. The van der Waals surface area contributed by atoms with Crippen LogP contribution >= 0.6 is 11.3 Å². The summed E-state index contributed by atoms with van der Waals surface area (Å²) < 4.78 is 0. The molecule has 2 fully saturated rings. The van der Waals surface area contributed by atoms with Gasteiger partial charge in [0.15, 0.2) is 0 Å². The number of hydrazine groups is 1. The van der Waals surface area contributed by atoms with Crippen LogP contribution in [0.3, 0.4) is 0 Å². The summed E-state index contributed by atoms with van der Waals surface area (Å²) in [5.41, 5.74) is 6.33. The van der Waals surface area contributed by atoms with Gasteiger partial charge in [-0.3, -0.25) is 15.6 Å². The standard InChI is InChI=1S/C16H22N6OS/c1-10-11(8-20-21-10)7-17-15(23)13-3-2-5-22(13)14-12-4-6-24-16(12)19-9-18-14/h4,6,9-11,13,20-21H,2-3,5,7-8H2,1H3,(H,17,23). The number of carbonyl (C=O) groups excluding carboxylic acids is 1. The lowest BCUT2D eigenvalue weighted by Gasteiger charge is -2.26. The van der Waals surface area contributed by atoms with Crippen LogP contribution in [0.1, 0.15) is 19.8 Å². The molecule has 3 atom stereocenters. The van der Waals surface area contributed by atoms with Gasteiger partial charge < -0.3 is 10.2 Å². The van der Waals surface area contributed by atoms with Gasteiger partial charge in [-0.25, -0.2) is 9.97 Å². The number of aromatic nitrogens is 2. The van der Waals surface area contributed by atoms with Gasteiger partial charge in [0.25, 0.3) is 0 Å². The highest BCUT2D eigenvalue weighted by Gasteiger charge is 2.33. The number of nitrogens with one attached hydrogen (secondary N) is 3. The smallest absolute Gasteiger partial charge is 0.242 e. The minimum absolute atomic E-state index is 0.105. The number of hydrogen-bond acceptors (Lipinski definition) is 7. The van der Waals surface area contributed by atoms with Crippen LogP contribution in [0.4, 0.5) is 5.82 Å².